The first kappa shape index (κ1) is 21.8. The predicted molar refractivity (Wildman–Crippen MR) is 83.4 cm³/mol. The van der Waals surface area contributed by atoms with Gasteiger partial charge in [-0.2, -0.15) is 0 Å². The summed E-state index contributed by atoms with van der Waals surface area (Å²) in [4.78, 5) is 23.3. The van der Waals surface area contributed by atoms with Crippen LogP contribution in [0.25, 0.3) is 0 Å². The zero-order valence-electron chi connectivity index (χ0n) is 14.2. The topological polar surface area (TPSA) is 75.6 Å². The van der Waals surface area contributed by atoms with E-state index in [0.717, 1.165) is 0 Å². The highest BCUT2D eigenvalue weighted by molar-refractivity contribution is 5.83. The van der Waals surface area contributed by atoms with Gasteiger partial charge in [0, 0.05) is 0 Å². The second-order valence-electron chi connectivity index (χ2n) is 5.80. The summed E-state index contributed by atoms with van der Waals surface area (Å²) in [7, 11) is 0. The molecule has 0 aliphatic rings. The maximum Gasteiger partial charge on any atom is 0.325 e. The molecule has 0 bridgehead atoms. The minimum atomic E-state index is -1.41. The molecule has 5 nitrogen and oxygen atoms in total. The molecule has 0 fully saturated rings. The van der Waals surface area contributed by atoms with Crippen molar-refractivity contribution in [2.45, 2.75) is 71.3 Å². The monoisotopic (exact) mass is 337 g/mol. The van der Waals surface area contributed by atoms with E-state index in [-0.39, 0.29) is 19.1 Å². The maximum atomic E-state index is 12.7. The fraction of sp³-hybridized carbons (Fsp3) is 0.875. The molecule has 136 valence electrons. The number of hydrogen-bond donors (Lipinski definition) is 2. The highest BCUT2D eigenvalue weighted by Crippen LogP contribution is 2.13. The Morgan fingerprint density at radius 2 is 1.83 bits per heavy atom. The molecular weight excluding hydrogens is 308 g/mol. The Balaban J connectivity index is 3.98. The summed E-state index contributed by atoms with van der Waals surface area (Å²) >= 11 is 0. The molecule has 0 radical (unpaired) electrons. The minimum Gasteiger partial charge on any atom is -0.461 e. The van der Waals surface area contributed by atoms with Gasteiger partial charge in [-0.05, 0) is 32.6 Å². The smallest absolute Gasteiger partial charge is 0.325 e. The number of halogens is 2. The number of rotatable bonds is 12. The summed E-state index contributed by atoms with van der Waals surface area (Å²) in [6.45, 7) is 3.72. The second-order valence-corrected chi connectivity index (χ2v) is 5.80. The van der Waals surface area contributed by atoms with Gasteiger partial charge in [0.05, 0.1) is 12.0 Å². The molecule has 7 heteroatoms. The van der Waals surface area contributed by atoms with Crippen molar-refractivity contribution in [2.75, 3.05) is 13.2 Å². The van der Waals surface area contributed by atoms with Gasteiger partial charge in [0.15, 0.2) is 0 Å². The van der Waals surface area contributed by atoms with Gasteiger partial charge in [0.2, 0.25) is 5.91 Å². The van der Waals surface area contributed by atoms with Crippen molar-refractivity contribution >= 4 is 11.9 Å². The average Bonchev–Trinajstić information content (AvgIpc) is 2.53. The second kappa shape index (κ2) is 12.2. The first-order valence-electron chi connectivity index (χ1n) is 8.17. The minimum absolute atomic E-state index is 0.175. The molecule has 0 saturated heterocycles. The van der Waals surface area contributed by atoms with E-state index < -0.39 is 36.7 Å². The Kier molecular flexibility index (Phi) is 11.6. The van der Waals surface area contributed by atoms with E-state index >= 15 is 0 Å². The Bertz CT molecular complexity index is 353. The number of hydrogen-bond acceptors (Lipinski definition) is 4. The number of carbonyl (C=O) groups is 2. The first-order valence-corrected chi connectivity index (χ1v) is 8.17. The molecule has 4 atom stereocenters. The lowest BCUT2D eigenvalue weighted by Gasteiger charge is -2.18. The number of ether oxygens (including phenoxy) is 1. The average molecular weight is 337 g/mol. The molecule has 2 N–H and O–H groups in total. The van der Waals surface area contributed by atoms with E-state index in [1.807, 2.05) is 6.92 Å². The molecule has 23 heavy (non-hydrogen) atoms. The molecule has 1 amide bonds. The summed E-state index contributed by atoms with van der Waals surface area (Å²) in [6.07, 6.45) is 0.0671. The van der Waals surface area contributed by atoms with E-state index in [1.165, 1.54) is 6.92 Å². The highest BCUT2D eigenvalue weighted by atomic mass is 19.2. The van der Waals surface area contributed by atoms with Crippen LogP contribution in [-0.4, -0.2) is 48.6 Å². The predicted octanol–water partition coefficient (Wildman–Crippen LogP) is 2.31. The van der Waals surface area contributed by atoms with Gasteiger partial charge >= 0.3 is 5.97 Å². The van der Waals surface area contributed by atoms with E-state index in [2.05, 4.69) is 5.32 Å². The van der Waals surface area contributed by atoms with Gasteiger partial charge in [-0.1, -0.05) is 20.3 Å². The van der Waals surface area contributed by atoms with Gasteiger partial charge in [0.25, 0.3) is 0 Å². The number of aliphatic hydroxyl groups is 1. The molecular formula is C16H29F2NO4. The van der Waals surface area contributed by atoms with Crippen LogP contribution in [0, 0.1) is 5.92 Å². The number of alkyl halides is 2. The van der Waals surface area contributed by atoms with Crippen molar-refractivity contribution in [2.24, 2.45) is 5.92 Å². The zero-order chi connectivity index (χ0) is 17.8. The van der Waals surface area contributed by atoms with Crippen LogP contribution in [-0.2, 0) is 14.3 Å². The van der Waals surface area contributed by atoms with Gasteiger partial charge in [-0.25, -0.2) is 8.78 Å². The SMILES string of the molecule is CC[C@@H](CCCCC(F)CF)OC(=O)CNC(=O)[C@@H](C)[C@H](C)O. The van der Waals surface area contributed by atoms with E-state index in [9.17, 15) is 23.5 Å². The molecule has 0 aliphatic carbocycles. The molecule has 0 aromatic heterocycles. The summed E-state index contributed by atoms with van der Waals surface area (Å²) in [6, 6.07) is 0. The van der Waals surface area contributed by atoms with Crippen LogP contribution in [0.2, 0.25) is 0 Å². The fourth-order valence-electron chi connectivity index (χ4n) is 1.93. The summed E-state index contributed by atoms with van der Waals surface area (Å²) in [5.41, 5.74) is 0. The van der Waals surface area contributed by atoms with Crippen molar-refractivity contribution in [3.8, 4) is 0 Å². The third kappa shape index (κ3) is 10.2. The summed E-state index contributed by atoms with van der Waals surface area (Å²) in [5, 5.41) is 11.7. The van der Waals surface area contributed by atoms with Crippen LogP contribution in [0.4, 0.5) is 8.78 Å². The Hall–Kier alpha value is -1.24. The number of amides is 1. The largest absolute Gasteiger partial charge is 0.461 e. The lowest BCUT2D eigenvalue weighted by molar-refractivity contribution is -0.150. The quantitative estimate of drug-likeness (QED) is 0.423. The van der Waals surface area contributed by atoms with Crippen molar-refractivity contribution < 1.29 is 28.2 Å². The third-order valence-corrected chi connectivity index (χ3v) is 3.76. The van der Waals surface area contributed by atoms with Crippen LogP contribution in [0.5, 0.6) is 0 Å². The van der Waals surface area contributed by atoms with Crippen LogP contribution in [0.15, 0.2) is 0 Å². The molecule has 0 saturated carbocycles. The molecule has 0 aliphatic heterocycles. The van der Waals surface area contributed by atoms with Crippen molar-refractivity contribution in [3.05, 3.63) is 0 Å². The molecule has 0 heterocycles. The lowest BCUT2D eigenvalue weighted by atomic mass is 10.1. The first-order chi connectivity index (χ1) is 10.8. The maximum absolute atomic E-state index is 12.7. The van der Waals surface area contributed by atoms with Crippen molar-refractivity contribution in [1.29, 1.82) is 0 Å². The van der Waals surface area contributed by atoms with Gasteiger partial charge < -0.3 is 15.2 Å². The molecule has 0 spiro atoms. The van der Waals surface area contributed by atoms with E-state index in [4.69, 9.17) is 4.74 Å². The standard InChI is InChI=1S/C16H29F2NO4/c1-4-14(8-6-5-7-13(18)9-17)23-15(21)10-19-16(22)11(2)12(3)20/h11-14,20H,4-10H2,1-3H3,(H,19,22)/t11-,12-,13?,14-/m0/s1. The van der Waals surface area contributed by atoms with Crippen molar-refractivity contribution in [3.63, 3.8) is 0 Å². The number of carbonyl (C=O) groups excluding carboxylic acids is 2. The lowest BCUT2D eigenvalue weighted by Crippen LogP contribution is -2.38. The zero-order valence-corrected chi connectivity index (χ0v) is 14.2. The van der Waals surface area contributed by atoms with Gasteiger partial charge in [-0.15, -0.1) is 0 Å². The van der Waals surface area contributed by atoms with Gasteiger partial charge in [0.1, 0.15) is 25.5 Å². The Labute approximate surface area is 136 Å². The van der Waals surface area contributed by atoms with E-state index in [1.54, 1.807) is 6.92 Å². The number of unbranched alkanes of at least 4 members (excludes halogenated alkanes) is 1. The van der Waals surface area contributed by atoms with Crippen LogP contribution >= 0.6 is 0 Å². The van der Waals surface area contributed by atoms with Gasteiger partial charge in [-0.3, -0.25) is 9.59 Å². The molecule has 0 rings (SSSR count). The Morgan fingerprint density at radius 1 is 1.22 bits per heavy atom. The normalized spacial score (nSPS) is 16.3. The fourth-order valence-corrected chi connectivity index (χ4v) is 1.93. The highest BCUT2D eigenvalue weighted by Gasteiger charge is 2.19. The third-order valence-electron chi connectivity index (χ3n) is 3.76. The van der Waals surface area contributed by atoms with E-state index in [0.29, 0.717) is 25.7 Å². The van der Waals surface area contributed by atoms with Crippen molar-refractivity contribution in [1.82, 2.24) is 5.32 Å². The number of aliphatic hydroxyl groups excluding tert-OH is 1. The number of nitrogens with one attached hydrogen (secondary N) is 1. The molecule has 0 aromatic carbocycles. The molecule has 0 aromatic rings. The van der Waals surface area contributed by atoms with Crippen LogP contribution in [0.1, 0.15) is 52.9 Å². The summed E-state index contributed by atoms with van der Waals surface area (Å²) < 4.78 is 29.9. The molecule has 1 unspecified atom stereocenters. The van der Waals surface area contributed by atoms with Crippen LogP contribution in [0.3, 0.4) is 0 Å². The number of esters is 1. The summed E-state index contributed by atoms with van der Waals surface area (Å²) in [5.74, 6) is -1.56. The van der Waals surface area contributed by atoms with Crippen LogP contribution < -0.4 is 5.32 Å². The Morgan fingerprint density at radius 3 is 2.35 bits per heavy atom.